The van der Waals surface area contributed by atoms with Gasteiger partial charge in [-0.2, -0.15) is 0 Å². The number of aliphatic carboxylic acids is 1. The van der Waals surface area contributed by atoms with Crippen molar-refractivity contribution in [3.05, 3.63) is 0 Å². The van der Waals surface area contributed by atoms with Gasteiger partial charge in [-0.05, 0) is 26.4 Å². The zero-order valence-electron chi connectivity index (χ0n) is 9.32. The first-order chi connectivity index (χ1) is 6.61. The summed E-state index contributed by atoms with van der Waals surface area (Å²) in [5.41, 5.74) is 0. The first-order valence-electron chi connectivity index (χ1n) is 5.02. The van der Waals surface area contributed by atoms with E-state index < -0.39 is 5.97 Å². The third-order valence-corrected chi connectivity index (χ3v) is 2.36. The number of likely N-dealkylation sites (N-methyl/N-ethyl adjacent to an activating group) is 1. The number of hydrogen-bond donors (Lipinski definition) is 1. The second-order valence-corrected chi connectivity index (χ2v) is 3.50. The fourth-order valence-electron chi connectivity index (χ4n) is 1.41. The maximum Gasteiger partial charge on any atom is 0.303 e. The van der Waals surface area contributed by atoms with Crippen LogP contribution in [0.3, 0.4) is 0 Å². The van der Waals surface area contributed by atoms with Crippen molar-refractivity contribution in [3.63, 3.8) is 0 Å². The van der Waals surface area contributed by atoms with Crippen molar-refractivity contribution in [2.45, 2.75) is 32.2 Å². The van der Waals surface area contributed by atoms with E-state index in [0.29, 0.717) is 19.1 Å². The predicted octanol–water partition coefficient (Wildman–Crippen LogP) is 1.21. The fourth-order valence-corrected chi connectivity index (χ4v) is 1.41. The standard InChI is InChI=1S/C10H21NO3/c1-4-9(8-14-3)11(2)7-5-6-10(12)13/h9H,4-8H2,1-3H3,(H,12,13). The average molecular weight is 203 g/mol. The highest BCUT2D eigenvalue weighted by molar-refractivity contribution is 5.66. The summed E-state index contributed by atoms with van der Waals surface area (Å²) in [5, 5.41) is 8.48. The highest BCUT2D eigenvalue weighted by Crippen LogP contribution is 2.03. The Morgan fingerprint density at radius 1 is 1.57 bits per heavy atom. The van der Waals surface area contributed by atoms with Gasteiger partial charge >= 0.3 is 5.97 Å². The summed E-state index contributed by atoms with van der Waals surface area (Å²) < 4.78 is 5.09. The van der Waals surface area contributed by atoms with Crippen molar-refractivity contribution in [3.8, 4) is 0 Å². The molecule has 0 aromatic heterocycles. The number of carbonyl (C=O) groups is 1. The molecule has 84 valence electrons. The fraction of sp³-hybridized carbons (Fsp3) is 0.900. The van der Waals surface area contributed by atoms with Gasteiger partial charge < -0.3 is 14.7 Å². The number of methoxy groups -OCH3 is 1. The van der Waals surface area contributed by atoms with Crippen LogP contribution in [0.5, 0.6) is 0 Å². The van der Waals surface area contributed by atoms with E-state index in [0.717, 1.165) is 13.0 Å². The number of hydrogen-bond acceptors (Lipinski definition) is 3. The Hall–Kier alpha value is -0.610. The minimum absolute atomic E-state index is 0.244. The van der Waals surface area contributed by atoms with Crippen LogP contribution >= 0.6 is 0 Å². The molecule has 0 fully saturated rings. The monoisotopic (exact) mass is 203 g/mol. The summed E-state index contributed by atoms with van der Waals surface area (Å²) in [6.07, 6.45) is 1.97. The van der Waals surface area contributed by atoms with Gasteiger partial charge in [0.15, 0.2) is 0 Å². The lowest BCUT2D eigenvalue weighted by Gasteiger charge is -2.26. The number of rotatable bonds is 8. The highest BCUT2D eigenvalue weighted by Gasteiger charge is 2.11. The maximum atomic E-state index is 10.3. The molecule has 0 rings (SSSR count). The lowest BCUT2D eigenvalue weighted by molar-refractivity contribution is -0.137. The van der Waals surface area contributed by atoms with Crippen LogP contribution in [0, 0.1) is 0 Å². The first kappa shape index (κ1) is 13.4. The molecule has 0 amide bonds. The molecule has 0 aromatic carbocycles. The van der Waals surface area contributed by atoms with Gasteiger partial charge in [0.2, 0.25) is 0 Å². The number of carboxylic acids is 1. The molecule has 0 aromatic rings. The van der Waals surface area contributed by atoms with Crippen molar-refractivity contribution in [2.75, 3.05) is 27.3 Å². The van der Waals surface area contributed by atoms with E-state index in [1.165, 1.54) is 0 Å². The number of carboxylic acid groups (broad SMARTS) is 1. The third kappa shape index (κ3) is 5.94. The van der Waals surface area contributed by atoms with Crippen molar-refractivity contribution in [1.29, 1.82) is 0 Å². The van der Waals surface area contributed by atoms with Crippen LogP contribution in [0.1, 0.15) is 26.2 Å². The summed E-state index contributed by atoms with van der Waals surface area (Å²) >= 11 is 0. The molecule has 0 aliphatic rings. The second-order valence-electron chi connectivity index (χ2n) is 3.50. The van der Waals surface area contributed by atoms with Gasteiger partial charge in [0.1, 0.15) is 0 Å². The quantitative estimate of drug-likeness (QED) is 0.644. The highest BCUT2D eigenvalue weighted by atomic mass is 16.5. The minimum Gasteiger partial charge on any atom is -0.481 e. The first-order valence-corrected chi connectivity index (χ1v) is 5.02. The van der Waals surface area contributed by atoms with Crippen molar-refractivity contribution >= 4 is 5.97 Å². The molecule has 0 heterocycles. The molecule has 0 saturated heterocycles. The van der Waals surface area contributed by atoms with Crippen LogP contribution < -0.4 is 0 Å². The molecule has 4 heteroatoms. The maximum absolute atomic E-state index is 10.3. The second kappa shape index (κ2) is 7.76. The van der Waals surface area contributed by atoms with E-state index in [1.807, 2.05) is 7.05 Å². The number of nitrogens with zero attached hydrogens (tertiary/aromatic N) is 1. The molecule has 0 aliphatic heterocycles. The predicted molar refractivity (Wildman–Crippen MR) is 55.5 cm³/mol. The molecule has 0 aliphatic carbocycles. The molecule has 0 spiro atoms. The van der Waals surface area contributed by atoms with E-state index >= 15 is 0 Å². The van der Waals surface area contributed by atoms with Crippen LogP contribution in [0.25, 0.3) is 0 Å². The van der Waals surface area contributed by atoms with Gasteiger partial charge in [-0.1, -0.05) is 6.92 Å². The Labute approximate surface area is 85.9 Å². The Bertz CT molecular complexity index is 161. The lowest BCUT2D eigenvalue weighted by Crippen LogP contribution is -2.35. The molecule has 1 atom stereocenters. The summed E-state index contributed by atoms with van der Waals surface area (Å²) in [6, 6.07) is 0.397. The lowest BCUT2D eigenvalue weighted by atomic mass is 10.2. The molecule has 0 bridgehead atoms. The van der Waals surface area contributed by atoms with Crippen molar-refractivity contribution < 1.29 is 14.6 Å². The third-order valence-electron chi connectivity index (χ3n) is 2.36. The zero-order valence-corrected chi connectivity index (χ0v) is 9.32. The van der Waals surface area contributed by atoms with E-state index in [4.69, 9.17) is 9.84 Å². The largest absolute Gasteiger partial charge is 0.481 e. The molecular formula is C10H21NO3. The van der Waals surface area contributed by atoms with Gasteiger partial charge in [0, 0.05) is 19.6 Å². The molecule has 4 nitrogen and oxygen atoms in total. The SMILES string of the molecule is CCC(COC)N(C)CCCC(=O)O. The van der Waals surface area contributed by atoms with Gasteiger partial charge in [-0.25, -0.2) is 0 Å². The number of ether oxygens (including phenoxy) is 1. The van der Waals surface area contributed by atoms with Crippen LogP contribution in [-0.2, 0) is 9.53 Å². The molecule has 0 radical (unpaired) electrons. The van der Waals surface area contributed by atoms with E-state index in [9.17, 15) is 4.79 Å². The van der Waals surface area contributed by atoms with Crippen LogP contribution in [0.4, 0.5) is 0 Å². The van der Waals surface area contributed by atoms with E-state index in [1.54, 1.807) is 7.11 Å². The molecule has 0 saturated carbocycles. The van der Waals surface area contributed by atoms with Crippen LogP contribution in [-0.4, -0.2) is 49.3 Å². The Morgan fingerprint density at radius 2 is 2.21 bits per heavy atom. The Morgan fingerprint density at radius 3 is 2.64 bits per heavy atom. The molecule has 1 unspecified atom stereocenters. The molecule has 1 N–H and O–H groups in total. The van der Waals surface area contributed by atoms with Crippen LogP contribution in [0.15, 0.2) is 0 Å². The summed E-state index contributed by atoms with van der Waals surface area (Å²) in [7, 11) is 3.70. The molecular weight excluding hydrogens is 182 g/mol. The van der Waals surface area contributed by atoms with E-state index in [2.05, 4.69) is 11.8 Å². The topological polar surface area (TPSA) is 49.8 Å². The molecule has 14 heavy (non-hydrogen) atoms. The summed E-state index contributed by atoms with van der Waals surface area (Å²) in [6.45, 7) is 3.63. The summed E-state index contributed by atoms with van der Waals surface area (Å²) in [4.78, 5) is 12.5. The van der Waals surface area contributed by atoms with Gasteiger partial charge in [-0.15, -0.1) is 0 Å². The minimum atomic E-state index is -0.724. The van der Waals surface area contributed by atoms with E-state index in [-0.39, 0.29) is 6.42 Å². The Balaban J connectivity index is 3.68. The van der Waals surface area contributed by atoms with Gasteiger partial charge in [0.05, 0.1) is 6.61 Å². The summed E-state index contributed by atoms with van der Waals surface area (Å²) in [5.74, 6) is -0.724. The Kier molecular flexibility index (Phi) is 7.42. The average Bonchev–Trinajstić information content (AvgIpc) is 2.13. The van der Waals surface area contributed by atoms with Crippen molar-refractivity contribution in [1.82, 2.24) is 4.90 Å². The van der Waals surface area contributed by atoms with Gasteiger partial charge in [-0.3, -0.25) is 4.79 Å². The zero-order chi connectivity index (χ0) is 11.0. The van der Waals surface area contributed by atoms with Gasteiger partial charge in [0.25, 0.3) is 0 Å². The smallest absolute Gasteiger partial charge is 0.303 e. The normalized spacial score (nSPS) is 13.1. The van der Waals surface area contributed by atoms with Crippen LogP contribution in [0.2, 0.25) is 0 Å². The van der Waals surface area contributed by atoms with Crippen molar-refractivity contribution in [2.24, 2.45) is 0 Å².